The average molecular weight is 492 g/mol. The van der Waals surface area contributed by atoms with Crippen LogP contribution in [0.4, 0.5) is 13.2 Å². The molecule has 0 radical (unpaired) electrons. The molecule has 188 valence electrons. The maximum atomic E-state index is 12.9. The highest BCUT2D eigenvalue weighted by atomic mass is 19.4. The summed E-state index contributed by atoms with van der Waals surface area (Å²) in [6, 6.07) is 2.35. The molecule has 0 atom stereocenters. The van der Waals surface area contributed by atoms with Crippen molar-refractivity contribution in [2.24, 2.45) is 7.05 Å². The Kier molecular flexibility index (Phi) is 7.42. The highest BCUT2D eigenvalue weighted by Crippen LogP contribution is 2.35. The Labute approximate surface area is 200 Å². The van der Waals surface area contributed by atoms with Crippen LogP contribution in [0.2, 0.25) is 0 Å². The zero-order chi connectivity index (χ0) is 25.0. The number of rotatable bonds is 9. The number of halogens is 3. The summed E-state index contributed by atoms with van der Waals surface area (Å²) in [7, 11) is 1.70. The molecule has 0 aliphatic heterocycles. The van der Waals surface area contributed by atoms with Gasteiger partial charge < -0.3 is 9.84 Å². The highest BCUT2D eigenvalue weighted by Gasteiger charge is 2.31. The molecule has 0 saturated heterocycles. The lowest BCUT2D eigenvalue weighted by Crippen LogP contribution is -2.10. The van der Waals surface area contributed by atoms with E-state index in [1.54, 1.807) is 11.7 Å². The van der Waals surface area contributed by atoms with Crippen molar-refractivity contribution >= 4 is 5.97 Å². The standard InChI is InChI=1S/C24H28F3N5O3/c1-31-23(18(13-29-31)12-21(33)34)35-11-5-8-17-15-32(30-22(17)16-6-3-2-4-7-16)20-10-9-19(14-28-20)24(25,26)27/h9-10,13-16H,2-8,11-12H2,1H3,(H,33,34). The van der Waals surface area contributed by atoms with Crippen LogP contribution < -0.4 is 4.74 Å². The Bertz CT molecular complexity index is 1150. The summed E-state index contributed by atoms with van der Waals surface area (Å²) in [5, 5.41) is 17.9. The average Bonchev–Trinajstić information content (AvgIpc) is 3.40. The van der Waals surface area contributed by atoms with Gasteiger partial charge in [0, 0.05) is 30.9 Å². The van der Waals surface area contributed by atoms with Crippen LogP contribution in [0.1, 0.15) is 66.8 Å². The molecule has 1 aliphatic rings. The molecule has 35 heavy (non-hydrogen) atoms. The third-order valence-electron chi connectivity index (χ3n) is 6.25. The largest absolute Gasteiger partial charge is 0.481 e. The second-order valence-electron chi connectivity index (χ2n) is 8.84. The molecule has 1 N–H and O–H groups in total. The molecular formula is C24H28F3N5O3. The van der Waals surface area contributed by atoms with Gasteiger partial charge in [0.1, 0.15) is 0 Å². The van der Waals surface area contributed by atoms with Crippen molar-refractivity contribution in [3.63, 3.8) is 0 Å². The lowest BCUT2D eigenvalue weighted by Gasteiger charge is -2.21. The van der Waals surface area contributed by atoms with Crippen molar-refractivity contribution in [1.29, 1.82) is 0 Å². The number of hydrogen-bond donors (Lipinski definition) is 1. The van der Waals surface area contributed by atoms with Gasteiger partial charge in [-0.2, -0.15) is 23.4 Å². The van der Waals surface area contributed by atoms with Crippen LogP contribution in [-0.4, -0.2) is 42.2 Å². The van der Waals surface area contributed by atoms with Gasteiger partial charge in [-0.25, -0.2) is 14.3 Å². The molecule has 8 nitrogen and oxygen atoms in total. The van der Waals surface area contributed by atoms with Crippen molar-refractivity contribution in [1.82, 2.24) is 24.5 Å². The minimum atomic E-state index is -4.44. The van der Waals surface area contributed by atoms with Crippen molar-refractivity contribution in [2.75, 3.05) is 6.61 Å². The Hall–Kier alpha value is -3.37. The Morgan fingerprint density at radius 3 is 2.60 bits per heavy atom. The zero-order valence-corrected chi connectivity index (χ0v) is 19.5. The second kappa shape index (κ2) is 10.5. The molecule has 3 aromatic rings. The summed E-state index contributed by atoms with van der Waals surface area (Å²) in [5.41, 5.74) is 1.72. The van der Waals surface area contributed by atoms with Crippen LogP contribution in [0.15, 0.2) is 30.7 Å². The Morgan fingerprint density at radius 2 is 1.94 bits per heavy atom. The number of hydrogen-bond acceptors (Lipinski definition) is 5. The number of nitrogens with zero attached hydrogens (tertiary/aromatic N) is 5. The van der Waals surface area contributed by atoms with Crippen molar-refractivity contribution in [3.8, 4) is 11.7 Å². The Morgan fingerprint density at radius 1 is 1.17 bits per heavy atom. The number of alkyl halides is 3. The van der Waals surface area contributed by atoms with Crippen molar-refractivity contribution in [3.05, 3.63) is 53.1 Å². The van der Waals surface area contributed by atoms with E-state index in [-0.39, 0.29) is 6.42 Å². The molecule has 1 aliphatic carbocycles. The fourth-order valence-electron chi connectivity index (χ4n) is 4.52. The number of ether oxygens (including phenoxy) is 1. The predicted octanol–water partition coefficient (Wildman–Crippen LogP) is 4.71. The maximum Gasteiger partial charge on any atom is 0.417 e. The first-order valence-electron chi connectivity index (χ1n) is 11.7. The summed E-state index contributed by atoms with van der Waals surface area (Å²) in [4.78, 5) is 15.0. The number of carbonyl (C=O) groups is 1. The smallest absolute Gasteiger partial charge is 0.417 e. The van der Waals surface area contributed by atoms with Gasteiger partial charge >= 0.3 is 12.1 Å². The zero-order valence-electron chi connectivity index (χ0n) is 19.5. The number of aromatic nitrogens is 5. The van der Waals surface area contributed by atoms with E-state index in [9.17, 15) is 18.0 Å². The summed E-state index contributed by atoms with van der Waals surface area (Å²) in [5.74, 6) is 0.134. The normalized spacial score (nSPS) is 14.9. The van der Waals surface area contributed by atoms with Gasteiger partial charge in [0.05, 0.1) is 30.5 Å². The lowest BCUT2D eigenvalue weighted by molar-refractivity contribution is -0.138. The number of carboxylic acid groups (broad SMARTS) is 1. The first kappa shape index (κ1) is 24.7. The number of carboxylic acids is 1. The molecular weight excluding hydrogens is 463 g/mol. The summed E-state index contributed by atoms with van der Waals surface area (Å²) in [6.07, 6.45) is 6.42. The van der Waals surface area contributed by atoms with Gasteiger partial charge in [-0.1, -0.05) is 19.3 Å². The summed E-state index contributed by atoms with van der Waals surface area (Å²) >= 11 is 0. The maximum absolute atomic E-state index is 12.9. The highest BCUT2D eigenvalue weighted by molar-refractivity contribution is 5.70. The third kappa shape index (κ3) is 6.01. The van der Waals surface area contributed by atoms with E-state index in [1.165, 1.54) is 23.4 Å². The van der Waals surface area contributed by atoms with Gasteiger partial charge in [-0.05, 0) is 43.4 Å². The SMILES string of the molecule is Cn1ncc(CC(=O)O)c1OCCCc1cn(-c2ccc(C(F)(F)F)cn2)nc1C1CCCCC1. The minimum Gasteiger partial charge on any atom is -0.481 e. The van der Waals surface area contributed by atoms with Crippen LogP contribution >= 0.6 is 0 Å². The van der Waals surface area contributed by atoms with Crippen LogP contribution in [0, 0.1) is 0 Å². The lowest BCUT2D eigenvalue weighted by atomic mass is 9.85. The van der Waals surface area contributed by atoms with E-state index in [0.717, 1.165) is 49.2 Å². The molecule has 0 unspecified atom stereocenters. The first-order valence-corrected chi connectivity index (χ1v) is 11.7. The van der Waals surface area contributed by atoms with Crippen LogP contribution in [0.5, 0.6) is 5.88 Å². The number of aryl methyl sites for hydroxylation is 2. The molecule has 1 fully saturated rings. The van der Waals surface area contributed by atoms with Gasteiger partial charge in [0.2, 0.25) is 5.88 Å². The molecule has 0 bridgehead atoms. The molecule has 3 heterocycles. The quantitative estimate of drug-likeness (QED) is 0.436. The van der Waals surface area contributed by atoms with E-state index in [2.05, 4.69) is 10.1 Å². The van der Waals surface area contributed by atoms with Crippen molar-refractivity contribution < 1.29 is 27.8 Å². The summed E-state index contributed by atoms with van der Waals surface area (Å²) < 4.78 is 47.7. The van der Waals surface area contributed by atoms with Crippen molar-refractivity contribution in [2.45, 2.75) is 63.5 Å². The van der Waals surface area contributed by atoms with Gasteiger partial charge in [-0.15, -0.1) is 0 Å². The Balaban J connectivity index is 1.48. The minimum absolute atomic E-state index is 0.165. The fraction of sp³-hybridized carbons (Fsp3) is 0.500. The first-order chi connectivity index (χ1) is 16.7. The van der Waals surface area contributed by atoms with Gasteiger partial charge in [0.25, 0.3) is 0 Å². The predicted molar refractivity (Wildman–Crippen MR) is 121 cm³/mol. The summed E-state index contributed by atoms with van der Waals surface area (Å²) in [6.45, 7) is 0.361. The van der Waals surface area contributed by atoms with E-state index in [0.29, 0.717) is 42.6 Å². The van der Waals surface area contributed by atoms with E-state index in [4.69, 9.17) is 14.9 Å². The molecule has 0 aromatic carbocycles. The van der Waals surface area contributed by atoms with Crippen LogP contribution in [0.3, 0.4) is 0 Å². The fourth-order valence-corrected chi connectivity index (χ4v) is 4.52. The van der Waals surface area contributed by atoms with E-state index < -0.39 is 17.7 Å². The van der Waals surface area contributed by atoms with Crippen LogP contribution in [0.25, 0.3) is 5.82 Å². The molecule has 0 spiro atoms. The van der Waals surface area contributed by atoms with Crippen LogP contribution in [-0.2, 0) is 30.9 Å². The van der Waals surface area contributed by atoms with Gasteiger partial charge in [-0.3, -0.25) is 4.79 Å². The topological polar surface area (TPSA) is 95.1 Å². The number of aliphatic carboxylic acids is 1. The van der Waals surface area contributed by atoms with E-state index >= 15 is 0 Å². The third-order valence-corrected chi connectivity index (χ3v) is 6.25. The molecule has 3 aromatic heterocycles. The molecule has 11 heteroatoms. The number of pyridine rings is 1. The second-order valence-corrected chi connectivity index (χ2v) is 8.84. The monoisotopic (exact) mass is 491 g/mol. The van der Waals surface area contributed by atoms with E-state index in [1.807, 2.05) is 6.20 Å². The van der Waals surface area contributed by atoms with Gasteiger partial charge in [0.15, 0.2) is 5.82 Å². The molecule has 0 amide bonds. The molecule has 1 saturated carbocycles. The molecule has 4 rings (SSSR count).